The Balaban J connectivity index is 2.17. The van der Waals surface area contributed by atoms with E-state index >= 15 is 0 Å². The molecule has 1 aliphatic rings. The van der Waals surface area contributed by atoms with Crippen molar-refractivity contribution in [1.82, 2.24) is 9.88 Å². The number of rotatable bonds is 2. The number of hydrogen-bond donors (Lipinski definition) is 1. The lowest BCUT2D eigenvalue weighted by Crippen LogP contribution is -2.32. The van der Waals surface area contributed by atoms with Crippen molar-refractivity contribution >= 4 is 0 Å². The van der Waals surface area contributed by atoms with Gasteiger partial charge in [-0.3, -0.25) is 0 Å². The van der Waals surface area contributed by atoms with E-state index in [0.717, 1.165) is 17.9 Å². The normalized spacial score (nSPS) is 27.1. The molecule has 2 heterocycles. The summed E-state index contributed by atoms with van der Waals surface area (Å²) in [6, 6.07) is 4.09. The summed E-state index contributed by atoms with van der Waals surface area (Å²) in [4.78, 5) is 0. The zero-order valence-corrected chi connectivity index (χ0v) is 8.81. The van der Waals surface area contributed by atoms with Crippen molar-refractivity contribution in [2.45, 2.75) is 32.5 Å². The summed E-state index contributed by atoms with van der Waals surface area (Å²) in [5, 5.41) is 3.08. The van der Waals surface area contributed by atoms with Gasteiger partial charge < -0.3 is 9.88 Å². The molecular formula is C11H17FN2. The van der Waals surface area contributed by atoms with Crippen LogP contribution in [0.25, 0.3) is 0 Å². The minimum atomic E-state index is -1.05. The SMILES string of the molecule is Cc1ccc(C)n1CC1(F)CCNC1. The van der Waals surface area contributed by atoms with Gasteiger partial charge in [0.05, 0.1) is 6.54 Å². The molecule has 0 spiro atoms. The summed E-state index contributed by atoms with van der Waals surface area (Å²) in [7, 11) is 0. The third-order valence-electron chi connectivity index (χ3n) is 3.05. The van der Waals surface area contributed by atoms with Gasteiger partial charge in [-0.2, -0.15) is 0 Å². The molecule has 0 saturated carbocycles. The van der Waals surface area contributed by atoms with Gasteiger partial charge in [-0.1, -0.05) is 0 Å². The van der Waals surface area contributed by atoms with E-state index < -0.39 is 5.67 Å². The predicted molar refractivity (Wildman–Crippen MR) is 55.2 cm³/mol. The van der Waals surface area contributed by atoms with Crippen LogP contribution in [0.3, 0.4) is 0 Å². The van der Waals surface area contributed by atoms with E-state index in [-0.39, 0.29) is 0 Å². The highest BCUT2D eigenvalue weighted by Crippen LogP contribution is 2.24. The summed E-state index contributed by atoms with van der Waals surface area (Å²) >= 11 is 0. The molecule has 1 unspecified atom stereocenters. The van der Waals surface area contributed by atoms with Gasteiger partial charge >= 0.3 is 0 Å². The summed E-state index contributed by atoms with van der Waals surface area (Å²) in [6.07, 6.45) is 0.629. The highest BCUT2D eigenvalue weighted by molar-refractivity contribution is 5.14. The third kappa shape index (κ3) is 1.69. The molecule has 0 radical (unpaired) electrons. The number of alkyl halides is 1. The zero-order valence-electron chi connectivity index (χ0n) is 8.81. The molecule has 0 bridgehead atoms. The minimum absolute atomic E-state index is 0.490. The average Bonchev–Trinajstić information content (AvgIpc) is 2.68. The van der Waals surface area contributed by atoms with Crippen LogP contribution in [0.2, 0.25) is 0 Å². The average molecular weight is 196 g/mol. The van der Waals surface area contributed by atoms with Crippen LogP contribution >= 0.6 is 0 Å². The molecule has 14 heavy (non-hydrogen) atoms. The van der Waals surface area contributed by atoms with Crippen LogP contribution in [0.1, 0.15) is 17.8 Å². The fraction of sp³-hybridized carbons (Fsp3) is 0.636. The Hall–Kier alpha value is -0.830. The van der Waals surface area contributed by atoms with Gasteiger partial charge in [0, 0.05) is 17.9 Å². The summed E-state index contributed by atoms with van der Waals surface area (Å²) in [5.41, 5.74) is 1.24. The van der Waals surface area contributed by atoms with Gasteiger partial charge in [0.25, 0.3) is 0 Å². The fourth-order valence-corrected chi connectivity index (χ4v) is 2.08. The molecule has 0 aromatic carbocycles. The maximum atomic E-state index is 14.2. The molecule has 1 aromatic heterocycles. The second-order valence-corrected chi connectivity index (χ2v) is 4.28. The van der Waals surface area contributed by atoms with Crippen LogP contribution in [0.4, 0.5) is 4.39 Å². The van der Waals surface area contributed by atoms with Crippen molar-refractivity contribution in [3.63, 3.8) is 0 Å². The predicted octanol–water partition coefficient (Wildman–Crippen LogP) is 1.81. The molecule has 1 aliphatic heterocycles. The molecule has 3 heteroatoms. The molecule has 1 saturated heterocycles. The lowest BCUT2D eigenvalue weighted by Gasteiger charge is -2.21. The number of aryl methyl sites for hydroxylation is 2. The van der Waals surface area contributed by atoms with E-state index in [2.05, 4.69) is 9.88 Å². The third-order valence-corrected chi connectivity index (χ3v) is 3.05. The van der Waals surface area contributed by atoms with Crippen molar-refractivity contribution < 1.29 is 4.39 Å². The highest BCUT2D eigenvalue weighted by atomic mass is 19.1. The summed E-state index contributed by atoms with van der Waals surface area (Å²) in [5.74, 6) is 0. The summed E-state index contributed by atoms with van der Waals surface area (Å²) < 4.78 is 16.2. The van der Waals surface area contributed by atoms with E-state index in [1.807, 2.05) is 26.0 Å². The van der Waals surface area contributed by atoms with Crippen LogP contribution < -0.4 is 5.32 Å². The molecular weight excluding hydrogens is 179 g/mol. The highest BCUT2D eigenvalue weighted by Gasteiger charge is 2.34. The Morgan fingerprint density at radius 3 is 2.57 bits per heavy atom. The smallest absolute Gasteiger partial charge is 0.142 e. The zero-order chi connectivity index (χ0) is 10.2. The van der Waals surface area contributed by atoms with Crippen LogP contribution in [0, 0.1) is 13.8 Å². The number of halogens is 1. The fourth-order valence-electron chi connectivity index (χ4n) is 2.08. The quantitative estimate of drug-likeness (QED) is 0.763. The van der Waals surface area contributed by atoms with Crippen molar-refractivity contribution in [3.8, 4) is 0 Å². The molecule has 2 rings (SSSR count). The van der Waals surface area contributed by atoms with E-state index in [4.69, 9.17) is 0 Å². The van der Waals surface area contributed by atoms with Crippen molar-refractivity contribution in [2.75, 3.05) is 13.1 Å². The maximum absolute atomic E-state index is 14.2. The van der Waals surface area contributed by atoms with Gasteiger partial charge in [0.15, 0.2) is 0 Å². The van der Waals surface area contributed by atoms with Crippen molar-refractivity contribution in [2.24, 2.45) is 0 Å². The largest absolute Gasteiger partial charge is 0.346 e. The Morgan fingerprint density at radius 1 is 1.43 bits per heavy atom. The van der Waals surface area contributed by atoms with E-state index in [9.17, 15) is 4.39 Å². The Morgan fingerprint density at radius 2 is 2.07 bits per heavy atom. The molecule has 1 N–H and O–H groups in total. The lowest BCUT2D eigenvalue weighted by atomic mass is 10.1. The monoisotopic (exact) mass is 196 g/mol. The number of nitrogens with zero attached hydrogens (tertiary/aromatic N) is 1. The standard InChI is InChI=1S/C11H17FN2/c1-9-3-4-10(2)14(9)8-11(12)5-6-13-7-11/h3-4,13H,5-8H2,1-2H3. The minimum Gasteiger partial charge on any atom is -0.346 e. The number of nitrogens with one attached hydrogen (secondary N) is 1. The van der Waals surface area contributed by atoms with Crippen LogP contribution in [-0.2, 0) is 6.54 Å². The van der Waals surface area contributed by atoms with Crippen LogP contribution in [0.15, 0.2) is 12.1 Å². The summed E-state index contributed by atoms with van der Waals surface area (Å²) in [6.45, 7) is 5.84. The van der Waals surface area contributed by atoms with E-state index in [0.29, 0.717) is 19.5 Å². The number of aromatic nitrogens is 1. The van der Waals surface area contributed by atoms with E-state index in [1.54, 1.807) is 0 Å². The number of hydrogen-bond acceptors (Lipinski definition) is 1. The maximum Gasteiger partial charge on any atom is 0.142 e. The molecule has 0 aliphatic carbocycles. The van der Waals surface area contributed by atoms with Gasteiger partial charge in [0.1, 0.15) is 5.67 Å². The molecule has 1 atom stereocenters. The first-order valence-corrected chi connectivity index (χ1v) is 5.13. The van der Waals surface area contributed by atoms with Crippen molar-refractivity contribution in [3.05, 3.63) is 23.5 Å². The van der Waals surface area contributed by atoms with Crippen molar-refractivity contribution in [1.29, 1.82) is 0 Å². The molecule has 1 fully saturated rings. The Labute approximate surface area is 84.1 Å². The first-order chi connectivity index (χ1) is 6.61. The second kappa shape index (κ2) is 3.39. The molecule has 2 nitrogen and oxygen atoms in total. The van der Waals surface area contributed by atoms with Gasteiger partial charge in [-0.05, 0) is 38.9 Å². The molecule has 0 amide bonds. The van der Waals surface area contributed by atoms with Gasteiger partial charge in [-0.15, -0.1) is 0 Å². The van der Waals surface area contributed by atoms with Crippen LogP contribution in [-0.4, -0.2) is 23.3 Å². The Bertz CT molecular complexity index is 305. The lowest BCUT2D eigenvalue weighted by molar-refractivity contribution is 0.160. The molecule has 78 valence electrons. The first-order valence-electron chi connectivity index (χ1n) is 5.13. The first kappa shape index (κ1) is 9.71. The molecule has 1 aromatic rings. The topological polar surface area (TPSA) is 17.0 Å². The Kier molecular flexibility index (Phi) is 2.35. The van der Waals surface area contributed by atoms with Gasteiger partial charge in [0.2, 0.25) is 0 Å². The van der Waals surface area contributed by atoms with Gasteiger partial charge in [-0.25, -0.2) is 4.39 Å². The van der Waals surface area contributed by atoms with Crippen LogP contribution in [0.5, 0.6) is 0 Å². The second-order valence-electron chi connectivity index (χ2n) is 4.28. The van der Waals surface area contributed by atoms with E-state index in [1.165, 1.54) is 0 Å².